The number of nitrogens with one attached hydrogen (secondary N) is 2. The number of carbonyl (C=O) groups excluding carboxylic acids is 1. The highest BCUT2D eigenvalue weighted by Gasteiger charge is 2.07. The van der Waals surface area contributed by atoms with E-state index >= 15 is 0 Å². The first kappa shape index (κ1) is 14.3. The summed E-state index contributed by atoms with van der Waals surface area (Å²) in [6.07, 6.45) is 1.39. The van der Waals surface area contributed by atoms with Crippen molar-refractivity contribution in [2.75, 3.05) is 7.11 Å². The second kappa shape index (κ2) is 6.38. The molecule has 104 valence electrons. The normalized spacial score (nSPS) is 10.1. The molecule has 5 nitrogen and oxygen atoms in total. The van der Waals surface area contributed by atoms with Gasteiger partial charge in [-0.1, -0.05) is 15.9 Å². The van der Waals surface area contributed by atoms with Gasteiger partial charge in [0.1, 0.15) is 5.75 Å². The third-order valence-electron chi connectivity index (χ3n) is 2.74. The van der Waals surface area contributed by atoms with E-state index in [9.17, 15) is 9.59 Å². The second-order valence-electron chi connectivity index (χ2n) is 4.08. The van der Waals surface area contributed by atoms with E-state index in [4.69, 9.17) is 4.74 Å². The predicted molar refractivity (Wildman–Crippen MR) is 78.9 cm³/mol. The van der Waals surface area contributed by atoms with Gasteiger partial charge in [0.25, 0.3) is 5.91 Å². The van der Waals surface area contributed by atoms with E-state index in [0.29, 0.717) is 12.1 Å². The Morgan fingerprint density at radius 1 is 1.35 bits per heavy atom. The van der Waals surface area contributed by atoms with Gasteiger partial charge < -0.3 is 15.0 Å². The minimum absolute atomic E-state index is 0.239. The minimum Gasteiger partial charge on any atom is -0.497 e. The molecule has 2 N–H and O–H groups in total. The summed E-state index contributed by atoms with van der Waals surface area (Å²) in [5, 5.41) is 2.78. The number of aromatic nitrogens is 1. The first-order valence-corrected chi connectivity index (χ1v) is 6.69. The van der Waals surface area contributed by atoms with Crippen molar-refractivity contribution < 1.29 is 9.53 Å². The Balaban J connectivity index is 2.06. The summed E-state index contributed by atoms with van der Waals surface area (Å²) in [6, 6.07) is 8.33. The van der Waals surface area contributed by atoms with Crippen molar-refractivity contribution >= 4 is 21.8 Å². The van der Waals surface area contributed by atoms with E-state index < -0.39 is 0 Å². The molecule has 1 amide bonds. The maximum atomic E-state index is 11.9. The summed E-state index contributed by atoms with van der Waals surface area (Å²) in [4.78, 5) is 25.3. The number of halogens is 1. The van der Waals surface area contributed by atoms with Gasteiger partial charge in [-0.05, 0) is 29.8 Å². The van der Waals surface area contributed by atoms with Crippen molar-refractivity contribution in [2.24, 2.45) is 0 Å². The molecule has 1 aromatic carbocycles. The Morgan fingerprint density at radius 2 is 2.15 bits per heavy atom. The topological polar surface area (TPSA) is 71.2 Å². The highest BCUT2D eigenvalue weighted by molar-refractivity contribution is 9.10. The van der Waals surface area contributed by atoms with E-state index in [-0.39, 0.29) is 11.5 Å². The minimum atomic E-state index is -0.254. The summed E-state index contributed by atoms with van der Waals surface area (Å²) in [7, 11) is 1.59. The molecule has 0 atom stereocenters. The number of hydrogen-bond acceptors (Lipinski definition) is 3. The Morgan fingerprint density at radius 3 is 2.80 bits per heavy atom. The Hall–Kier alpha value is -2.08. The van der Waals surface area contributed by atoms with Crippen molar-refractivity contribution in [3.05, 3.63) is 62.5 Å². The number of aromatic amines is 1. The molecule has 1 heterocycles. The molecule has 0 unspecified atom stereocenters. The van der Waals surface area contributed by atoms with Crippen LogP contribution >= 0.6 is 15.9 Å². The van der Waals surface area contributed by atoms with Gasteiger partial charge in [0.2, 0.25) is 5.56 Å². The number of carbonyl (C=O) groups is 1. The number of rotatable bonds is 4. The van der Waals surface area contributed by atoms with Crippen LogP contribution in [0.2, 0.25) is 0 Å². The van der Waals surface area contributed by atoms with Crippen LogP contribution in [-0.4, -0.2) is 18.0 Å². The molecule has 0 saturated heterocycles. The fraction of sp³-hybridized carbons (Fsp3) is 0.143. The van der Waals surface area contributed by atoms with Crippen LogP contribution in [0.5, 0.6) is 5.75 Å². The Labute approximate surface area is 124 Å². The lowest BCUT2D eigenvalue weighted by molar-refractivity contribution is 0.0950. The Bertz CT molecular complexity index is 662. The van der Waals surface area contributed by atoms with Gasteiger partial charge >= 0.3 is 0 Å². The number of pyridine rings is 1. The number of methoxy groups -OCH3 is 1. The molecule has 0 aliphatic carbocycles. The summed E-state index contributed by atoms with van der Waals surface area (Å²) in [6.45, 7) is 0.357. The zero-order valence-electron chi connectivity index (χ0n) is 10.8. The lowest BCUT2D eigenvalue weighted by Gasteiger charge is -2.09. The van der Waals surface area contributed by atoms with Gasteiger partial charge in [0.15, 0.2) is 0 Å². The molecule has 0 fully saturated rings. The highest BCUT2D eigenvalue weighted by Crippen LogP contribution is 2.22. The molecule has 0 aliphatic heterocycles. The number of benzene rings is 1. The van der Waals surface area contributed by atoms with Crippen LogP contribution in [0, 0.1) is 0 Å². The van der Waals surface area contributed by atoms with Crippen molar-refractivity contribution in [1.29, 1.82) is 0 Å². The number of amides is 1. The maximum absolute atomic E-state index is 11.9. The van der Waals surface area contributed by atoms with Crippen molar-refractivity contribution in [1.82, 2.24) is 10.3 Å². The average molecular weight is 337 g/mol. The molecule has 0 aliphatic rings. The third kappa shape index (κ3) is 3.48. The first-order chi connectivity index (χ1) is 9.60. The fourth-order valence-corrected chi connectivity index (χ4v) is 2.03. The monoisotopic (exact) mass is 336 g/mol. The van der Waals surface area contributed by atoms with Gasteiger partial charge in [-0.15, -0.1) is 0 Å². The molecular weight excluding hydrogens is 324 g/mol. The SMILES string of the molecule is COc1ccc(Br)c(CNC(=O)c2ccc(=O)[nH]c2)c1. The van der Waals surface area contributed by atoms with Crippen LogP contribution in [0.1, 0.15) is 15.9 Å². The average Bonchev–Trinajstić information content (AvgIpc) is 2.47. The van der Waals surface area contributed by atoms with Crippen LogP contribution in [0.25, 0.3) is 0 Å². The van der Waals surface area contributed by atoms with Gasteiger partial charge in [0.05, 0.1) is 12.7 Å². The highest BCUT2D eigenvalue weighted by atomic mass is 79.9. The maximum Gasteiger partial charge on any atom is 0.253 e. The van der Waals surface area contributed by atoms with E-state index in [1.54, 1.807) is 7.11 Å². The molecular formula is C14H13BrN2O3. The van der Waals surface area contributed by atoms with Crippen molar-refractivity contribution in [2.45, 2.75) is 6.54 Å². The standard InChI is InChI=1S/C14H13BrN2O3/c1-20-11-3-4-12(15)10(6-11)8-17-14(19)9-2-5-13(18)16-7-9/h2-7H,8H2,1H3,(H,16,18)(H,17,19). The van der Waals surface area contributed by atoms with Crippen LogP contribution in [-0.2, 0) is 6.54 Å². The first-order valence-electron chi connectivity index (χ1n) is 5.89. The van der Waals surface area contributed by atoms with Crippen molar-refractivity contribution in [3.63, 3.8) is 0 Å². The van der Waals surface area contributed by atoms with Crippen LogP contribution in [0.15, 0.2) is 45.8 Å². The lowest BCUT2D eigenvalue weighted by Crippen LogP contribution is -2.23. The van der Waals surface area contributed by atoms with Crippen LogP contribution in [0.3, 0.4) is 0 Å². The smallest absolute Gasteiger partial charge is 0.253 e. The van der Waals surface area contributed by atoms with Gasteiger partial charge in [-0.25, -0.2) is 0 Å². The van der Waals surface area contributed by atoms with Crippen LogP contribution in [0.4, 0.5) is 0 Å². The van der Waals surface area contributed by atoms with Crippen molar-refractivity contribution in [3.8, 4) is 5.75 Å². The molecule has 0 radical (unpaired) electrons. The zero-order valence-corrected chi connectivity index (χ0v) is 12.4. The van der Waals surface area contributed by atoms with E-state index in [1.165, 1.54) is 18.3 Å². The number of ether oxygens (including phenoxy) is 1. The summed E-state index contributed by atoms with van der Waals surface area (Å²) < 4.78 is 6.03. The van der Waals surface area contributed by atoms with Crippen LogP contribution < -0.4 is 15.6 Å². The quantitative estimate of drug-likeness (QED) is 0.897. The largest absolute Gasteiger partial charge is 0.497 e. The Kier molecular flexibility index (Phi) is 4.57. The van der Waals surface area contributed by atoms with E-state index in [1.807, 2.05) is 18.2 Å². The number of hydrogen-bond donors (Lipinski definition) is 2. The molecule has 2 rings (SSSR count). The predicted octanol–water partition coefficient (Wildman–Crippen LogP) is 2.08. The molecule has 0 bridgehead atoms. The number of H-pyrrole nitrogens is 1. The van der Waals surface area contributed by atoms with E-state index in [0.717, 1.165) is 15.8 Å². The molecule has 0 saturated carbocycles. The summed E-state index contributed by atoms with van der Waals surface area (Å²) in [5.74, 6) is 0.470. The molecule has 2 aromatic rings. The second-order valence-corrected chi connectivity index (χ2v) is 4.94. The third-order valence-corrected chi connectivity index (χ3v) is 3.51. The van der Waals surface area contributed by atoms with Gasteiger partial charge in [-0.2, -0.15) is 0 Å². The summed E-state index contributed by atoms with van der Waals surface area (Å²) >= 11 is 3.42. The molecule has 6 heteroatoms. The molecule has 20 heavy (non-hydrogen) atoms. The van der Waals surface area contributed by atoms with E-state index in [2.05, 4.69) is 26.2 Å². The zero-order chi connectivity index (χ0) is 14.5. The van der Waals surface area contributed by atoms with Gasteiger partial charge in [-0.3, -0.25) is 9.59 Å². The molecule has 0 spiro atoms. The lowest BCUT2D eigenvalue weighted by atomic mass is 10.2. The fourth-order valence-electron chi connectivity index (χ4n) is 1.64. The molecule has 1 aromatic heterocycles. The summed E-state index contributed by atoms with van der Waals surface area (Å²) in [5.41, 5.74) is 1.07. The van der Waals surface area contributed by atoms with Gasteiger partial charge in [0, 0.05) is 23.3 Å².